The zero-order chi connectivity index (χ0) is 14.7. The Balaban J connectivity index is 2.24. The molecule has 0 saturated heterocycles. The average molecular weight is 294 g/mol. The highest BCUT2D eigenvalue weighted by molar-refractivity contribution is 6.34. The molecule has 0 unspecified atom stereocenters. The van der Waals surface area contributed by atoms with E-state index in [2.05, 4.69) is 25.8 Å². The molecular formula is C12H12ClN5O2. The normalized spacial score (nSPS) is 10.2. The topological polar surface area (TPSA) is 99.8 Å². The maximum Gasteiger partial charge on any atom is 0.295 e. The summed E-state index contributed by atoms with van der Waals surface area (Å²) < 4.78 is 0. The number of nitrogens with zero attached hydrogens (tertiary/aromatic N) is 2. The molecule has 0 aliphatic rings. The molecule has 0 atom stereocenters. The average Bonchev–Trinajstić information content (AvgIpc) is 2.87. The van der Waals surface area contributed by atoms with Gasteiger partial charge in [-0.25, -0.2) is 4.98 Å². The summed E-state index contributed by atoms with van der Waals surface area (Å²) in [5.74, 6) is -0.250. The summed E-state index contributed by atoms with van der Waals surface area (Å²) in [6.07, 6.45) is 0. The van der Waals surface area contributed by atoms with Gasteiger partial charge in [-0.05, 0) is 25.1 Å². The SMILES string of the molecule is CNC(=O)c1ccc(Cl)c(NC(=O)c2n[nH]c(C)n2)c1. The van der Waals surface area contributed by atoms with E-state index < -0.39 is 5.91 Å². The number of aromatic nitrogens is 3. The number of nitrogens with one attached hydrogen (secondary N) is 3. The van der Waals surface area contributed by atoms with Crippen molar-refractivity contribution in [3.05, 3.63) is 40.4 Å². The van der Waals surface area contributed by atoms with E-state index >= 15 is 0 Å². The number of benzene rings is 1. The summed E-state index contributed by atoms with van der Waals surface area (Å²) in [4.78, 5) is 27.4. The van der Waals surface area contributed by atoms with Gasteiger partial charge < -0.3 is 10.6 Å². The molecule has 0 bridgehead atoms. The van der Waals surface area contributed by atoms with Crippen LogP contribution in [0.5, 0.6) is 0 Å². The first kappa shape index (κ1) is 14.0. The molecule has 3 N–H and O–H groups in total. The van der Waals surface area contributed by atoms with Crippen LogP contribution >= 0.6 is 11.6 Å². The molecule has 0 aliphatic carbocycles. The highest BCUT2D eigenvalue weighted by Gasteiger charge is 2.14. The summed E-state index contributed by atoms with van der Waals surface area (Å²) >= 11 is 5.99. The fourth-order valence-electron chi connectivity index (χ4n) is 1.53. The number of carbonyl (C=O) groups is 2. The molecular weight excluding hydrogens is 282 g/mol. The standard InChI is InChI=1S/C12H12ClN5O2/c1-6-15-10(18-17-6)12(20)16-9-5-7(11(19)14-2)3-4-8(9)13/h3-5H,1-2H3,(H,14,19)(H,16,20)(H,15,17,18). The van der Waals surface area contributed by atoms with E-state index in [0.717, 1.165) is 0 Å². The van der Waals surface area contributed by atoms with Crippen molar-refractivity contribution >= 4 is 29.1 Å². The van der Waals surface area contributed by atoms with E-state index in [0.29, 0.717) is 22.1 Å². The van der Waals surface area contributed by atoms with Crippen LogP contribution in [0.25, 0.3) is 0 Å². The highest BCUT2D eigenvalue weighted by Crippen LogP contribution is 2.23. The number of H-pyrrole nitrogens is 1. The lowest BCUT2D eigenvalue weighted by Crippen LogP contribution is -2.19. The second kappa shape index (κ2) is 5.70. The molecule has 0 fully saturated rings. The summed E-state index contributed by atoms with van der Waals surface area (Å²) in [5, 5.41) is 11.7. The largest absolute Gasteiger partial charge is 0.355 e. The molecule has 8 heteroatoms. The molecule has 2 amide bonds. The third kappa shape index (κ3) is 2.94. The van der Waals surface area contributed by atoms with Crippen LogP contribution in [0.15, 0.2) is 18.2 Å². The van der Waals surface area contributed by atoms with Gasteiger partial charge in [0.05, 0.1) is 10.7 Å². The lowest BCUT2D eigenvalue weighted by atomic mass is 10.2. The Hall–Kier alpha value is -2.41. The molecule has 0 saturated carbocycles. The van der Waals surface area contributed by atoms with Crippen molar-refractivity contribution in [3.8, 4) is 0 Å². The second-order valence-corrected chi connectivity index (χ2v) is 4.38. The summed E-state index contributed by atoms with van der Waals surface area (Å²) in [6, 6.07) is 4.58. The summed E-state index contributed by atoms with van der Waals surface area (Å²) in [6.45, 7) is 1.68. The van der Waals surface area contributed by atoms with Gasteiger partial charge in [0.15, 0.2) is 0 Å². The maximum absolute atomic E-state index is 11.9. The third-order valence-electron chi connectivity index (χ3n) is 2.50. The minimum atomic E-state index is -0.509. The number of halogens is 1. The smallest absolute Gasteiger partial charge is 0.295 e. The number of aromatic amines is 1. The number of hydrogen-bond acceptors (Lipinski definition) is 4. The molecule has 20 heavy (non-hydrogen) atoms. The number of amides is 2. The predicted octanol–water partition coefficient (Wildman–Crippen LogP) is 1.38. The van der Waals surface area contributed by atoms with Crippen LogP contribution in [0.3, 0.4) is 0 Å². The Morgan fingerprint density at radius 2 is 2.05 bits per heavy atom. The van der Waals surface area contributed by atoms with Gasteiger partial charge in [0.1, 0.15) is 5.82 Å². The fraction of sp³-hybridized carbons (Fsp3) is 0.167. The van der Waals surface area contributed by atoms with Crippen molar-refractivity contribution in [3.63, 3.8) is 0 Å². The van der Waals surface area contributed by atoms with Gasteiger partial charge in [0, 0.05) is 12.6 Å². The summed E-state index contributed by atoms with van der Waals surface area (Å²) in [7, 11) is 1.52. The van der Waals surface area contributed by atoms with Crippen molar-refractivity contribution in [2.75, 3.05) is 12.4 Å². The van der Waals surface area contributed by atoms with Crippen LogP contribution in [0.2, 0.25) is 5.02 Å². The first-order chi connectivity index (χ1) is 9.51. The summed E-state index contributed by atoms with van der Waals surface area (Å²) in [5.41, 5.74) is 0.707. The van der Waals surface area contributed by atoms with Crippen LogP contribution in [-0.2, 0) is 0 Å². The molecule has 1 aromatic heterocycles. The van der Waals surface area contributed by atoms with Gasteiger partial charge in [-0.1, -0.05) is 11.6 Å². The van der Waals surface area contributed by atoms with Crippen molar-refractivity contribution in [1.82, 2.24) is 20.5 Å². The highest BCUT2D eigenvalue weighted by atomic mass is 35.5. The van der Waals surface area contributed by atoms with Crippen molar-refractivity contribution in [2.45, 2.75) is 6.92 Å². The second-order valence-electron chi connectivity index (χ2n) is 3.97. The van der Waals surface area contributed by atoms with E-state index in [4.69, 9.17) is 11.6 Å². The first-order valence-electron chi connectivity index (χ1n) is 5.73. The Kier molecular flexibility index (Phi) is 3.99. The van der Waals surface area contributed by atoms with Gasteiger partial charge >= 0.3 is 0 Å². The van der Waals surface area contributed by atoms with Gasteiger partial charge in [0.25, 0.3) is 11.8 Å². The molecule has 2 rings (SSSR count). The lowest BCUT2D eigenvalue weighted by Gasteiger charge is -2.07. The molecule has 0 spiro atoms. The Labute approximate surface area is 119 Å². The number of aryl methyl sites for hydroxylation is 1. The Bertz CT molecular complexity index is 668. The van der Waals surface area contributed by atoms with Gasteiger partial charge in [-0.15, -0.1) is 5.10 Å². The van der Waals surface area contributed by atoms with Crippen LogP contribution in [0.4, 0.5) is 5.69 Å². The molecule has 0 radical (unpaired) electrons. The number of rotatable bonds is 3. The van der Waals surface area contributed by atoms with E-state index in [1.807, 2.05) is 0 Å². The van der Waals surface area contributed by atoms with Crippen molar-refractivity contribution in [2.24, 2.45) is 0 Å². The lowest BCUT2D eigenvalue weighted by molar-refractivity contribution is 0.0961. The molecule has 1 heterocycles. The third-order valence-corrected chi connectivity index (χ3v) is 2.83. The quantitative estimate of drug-likeness (QED) is 0.796. The number of anilines is 1. The number of hydrogen-bond donors (Lipinski definition) is 3. The zero-order valence-electron chi connectivity index (χ0n) is 10.8. The Morgan fingerprint density at radius 3 is 2.65 bits per heavy atom. The van der Waals surface area contributed by atoms with E-state index in [-0.39, 0.29) is 11.7 Å². The number of carbonyl (C=O) groups excluding carboxylic acids is 2. The first-order valence-corrected chi connectivity index (χ1v) is 6.11. The minimum absolute atomic E-state index is 0.00362. The molecule has 1 aromatic carbocycles. The fourth-order valence-corrected chi connectivity index (χ4v) is 1.69. The molecule has 2 aromatic rings. The monoisotopic (exact) mass is 293 g/mol. The maximum atomic E-state index is 11.9. The molecule has 0 aliphatic heterocycles. The van der Waals surface area contributed by atoms with Crippen LogP contribution < -0.4 is 10.6 Å². The van der Waals surface area contributed by atoms with E-state index in [1.165, 1.54) is 19.2 Å². The van der Waals surface area contributed by atoms with Crippen LogP contribution in [-0.4, -0.2) is 34.0 Å². The van der Waals surface area contributed by atoms with Gasteiger partial charge in [0.2, 0.25) is 5.82 Å². The van der Waals surface area contributed by atoms with Crippen molar-refractivity contribution < 1.29 is 9.59 Å². The predicted molar refractivity (Wildman–Crippen MR) is 73.9 cm³/mol. The molecule has 104 valence electrons. The Morgan fingerprint density at radius 1 is 1.30 bits per heavy atom. The van der Waals surface area contributed by atoms with Crippen molar-refractivity contribution in [1.29, 1.82) is 0 Å². The van der Waals surface area contributed by atoms with Gasteiger partial charge in [-0.2, -0.15) is 0 Å². The van der Waals surface area contributed by atoms with Crippen LogP contribution in [0, 0.1) is 6.92 Å². The van der Waals surface area contributed by atoms with E-state index in [1.54, 1.807) is 13.0 Å². The minimum Gasteiger partial charge on any atom is -0.355 e. The molecule has 7 nitrogen and oxygen atoms in total. The van der Waals surface area contributed by atoms with Gasteiger partial charge in [-0.3, -0.25) is 14.7 Å². The zero-order valence-corrected chi connectivity index (χ0v) is 11.6. The van der Waals surface area contributed by atoms with Crippen LogP contribution in [0.1, 0.15) is 26.8 Å². The van der Waals surface area contributed by atoms with E-state index in [9.17, 15) is 9.59 Å².